The highest BCUT2D eigenvalue weighted by Crippen LogP contribution is 2.22. The SMILES string of the molecule is CCCCCC/C=C/CC/C=C/C(O)C(COC1OC(CO)C(O)C(O)C1O)NC(=O)CCCCCCCCC/C=C\CCCCCCCCCCCCC. The number of hydrogen-bond acceptors (Lipinski definition) is 8. The van der Waals surface area contributed by atoms with Crippen LogP contribution in [0.2, 0.25) is 0 Å². The third-order valence-electron chi connectivity index (χ3n) is 10.7. The van der Waals surface area contributed by atoms with E-state index < -0.39 is 49.5 Å². The van der Waals surface area contributed by atoms with Crippen LogP contribution in [0.4, 0.5) is 0 Å². The lowest BCUT2D eigenvalue weighted by atomic mass is 9.99. The first-order valence-corrected chi connectivity index (χ1v) is 22.7. The summed E-state index contributed by atoms with van der Waals surface area (Å²) in [6.07, 6.45) is 37.8. The highest BCUT2D eigenvalue weighted by molar-refractivity contribution is 5.76. The molecule has 0 bridgehead atoms. The summed E-state index contributed by atoms with van der Waals surface area (Å²) >= 11 is 0. The molecule has 1 aliphatic heterocycles. The number of nitrogens with one attached hydrogen (secondary N) is 1. The average Bonchev–Trinajstić information content (AvgIpc) is 3.18. The first-order chi connectivity index (χ1) is 26.8. The Kier molecular flexibility index (Phi) is 34.3. The molecule has 1 heterocycles. The fraction of sp³-hybridized carbons (Fsp3) is 0.848. The van der Waals surface area contributed by atoms with Gasteiger partial charge in [-0.05, 0) is 57.8 Å². The van der Waals surface area contributed by atoms with E-state index in [9.17, 15) is 30.3 Å². The summed E-state index contributed by atoms with van der Waals surface area (Å²) in [6, 6.07) is -0.820. The Labute approximate surface area is 336 Å². The van der Waals surface area contributed by atoms with Crippen LogP contribution in [0.1, 0.15) is 194 Å². The molecule has 7 atom stereocenters. The molecule has 322 valence electrons. The summed E-state index contributed by atoms with van der Waals surface area (Å²) in [5, 5.41) is 54.0. The molecule has 1 fully saturated rings. The molecule has 1 aliphatic rings. The summed E-state index contributed by atoms with van der Waals surface area (Å²) in [7, 11) is 0. The van der Waals surface area contributed by atoms with E-state index >= 15 is 0 Å². The number of ether oxygens (including phenoxy) is 2. The minimum atomic E-state index is -1.57. The van der Waals surface area contributed by atoms with Gasteiger partial charge in [-0.1, -0.05) is 166 Å². The number of carbonyl (C=O) groups excluding carboxylic acids is 1. The van der Waals surface area contributed by atoms with Crippen molar-refractivity contribution in [2.24, 2.45) is 0 Å². The number of hydrogen-bond donors (Lipinski definition) is 6. The number of rotatable bonds is 37. The van der Waals surface area contributed by atoms with Gasteiger partial charge in [-0.2, -0.15) is 0 Å². The van der Waals surface area contributed by atoms with Crippen LogP contribution in [0.25, 0.3) is 0 Å². The number of aliphatic hydroxyl groups excluding tert-OH is 5. The molecule has 6 N–H and O–H groups in total. The van der Waals surface area contributed by atoms with Gasteiger partial charge in [0, 0.05) is 6.42 Å². The smallest absolute Gasteiger partial charge is 0.220 e. The van der Waals surface area contributed by atoms with E-state index in [0.29, 0.717) is 6.42 Å². The molecule has 1 amide bonds. The highest BCUT2D eigenvalue weighted by Gasteiger charge is 2.44. The molecular formula is C46H85NO8. The molecule has 0 spiro atoms. The van der Waals surface area contributed by atoms with E-state index in [1.807, 2.05) is 6.08 Å². The van der Waals surface area contributed by atoms with Crippen LogP contribution in [-0.2, 0) is 14.3 Å². The van der Waals surface area contributed by atoms with Crippen LogP contribution in [-0.4, -0.2) is 87.5 Å². The topological polar surface area (TPSA) is 149 Å². The first-order valence-electron chi connectivity index (χ1n) is 22.7. The minimum absolute atomic E-state index is 0.194. The molecule has 55 heavy (non-hydrogen) atoms. The van der Waals surface area contributed by atoms with Crippen molar-refractivity contribution >= 4 is 5.91 Å². The van der Waals surface area contributed by atoms with Gasteiger partial charge in [-0.25, -0.2) is 0 Å². The zero-order valence-electron chi connectivity index (χ0n) is 35.2. The fourth-order valence-electron chi connectivity index (χ4n) is 6.99. The van der Waals surface area contributed by atoms with Crippen LogP contribution < -0.4 is 5.32 Å². The summed E-state index contributed by atoms with van der Waals surface area (Å²) < 4.78 is 11.2. The molecule has 0 aliphatic carbocycles. The monoisotopic (exact) mass is 780 g/mol. The lowest BCUT2D eigenvalue weighted by molar-refractivity contribution is -0.302. The molecule has 9 nitrogen and oxygen atoms in total. The second-order valence-corrected chi connectivity index (χ2v) is 15.8. The summed E-state index contributed by atoms with van der Waals surface area (Å²) in [5.74, 6) is -0.194. The van der Waals surface area contributed by atoms with E-state index in [1.165, 1.54) is 122 Å². The Morgan fingerprint density at radius 1 is 0.600 bits per heavy atom. The first kappa shape index (κ1) is 51.4. The van der Waals surface area contributed by atoms with E-state index in [1.54, 1.807) is 6.08 Å². The third kappa shape index (κ3) is 27.6. The lowest BCUT2D eigenvalue weighted by Gasteiger charge is -2.40. The number of aliphatic hydroxyl groups is 5. The van der Waals surface area contributed by atoms with Crippen LogP contribution in [0.3, 0.4) is 0 Å². The zero-order chi connectivity index (χ0) is 40.2. The molecular weight excluding hydrogens is 695 g/mol. The number of allylic oxidation sites excluding steroid dienone is 5. The second kappa shape index (κ2) is 36.7. The number of amides is 1. The van der Waals surface area contributed by atoms with Crippen LogP contribution in [0.15, 0.2) is 36.5 Å². The molecule has 0 saturated carbocycles. The van der Waals surface area contributed by atoms with Crippen molar-refractivity contribution in [3.63, 3.8) is 0 Å². The van der Waals surface area contributed by atoms with Crippen molar-refractivity contribution in [3.05, 3.63) is 36.5 Å². The summed E-state index contributed by atoms with van der Waals surface area (Å²) in [4.78, 5) is 12.9. The van der Waals surface area contributed by atoms with Gasteiger partial charge < -0.3 is 40.3 Å². The van der Waals surface area contributed by atoms with Crippen LogP contribution >= 0.6 is 0 Å². The minimum Gasteiger partial charge on any atom is -0.394 e. The Hall–Kier alpha value is -1.59. The molecule has 7 unspecified atom stereocenters. The van der Waals surface area contributed by atoms with Gasteiger partial charge in [0.25, 0.3) is 0 Å². The van der Waals surface area contributed by atoms with Crippen molar-refractivity contribution in [1.29, 1.82) is 0 Å². The zero-order valence-corrected chi connectivity index (χ0v) is 35.2. The third-order valence-corrected chi connectivity index (χ3v) is 10.7. The van der Waals surface area contributed by atoms with Gasteiger partial charge in [0.1, 0.15) is 24.4 Å². The predicted molar refractivity (Wildman–Crippen MR) is 226 cm³/mol. The molecule has 0 aromatic carbocycles. The maximum absolute atomic E-state index is 12.9. The molecule has 0 aromatic heterocycles. The van der Waals surface area contributed by atoms with E-state index in [2.05, 4.69) is 43.5 Å². The number of carbonyl (C=O) groups is 1. The Bertz CT molecular complexity index is 956. The maximum Gasteiger partial charge on any atom is 0.220 e. The van der Waals surface area contributed by atoms with Crippen molar-refractivity contribution in [3.8, 4) is 0 Å². The Morgan fingerprint density at radius 3 is 1.55 bits per heavy atom. The van der Waals surface area contributed by atoms with E-state index in [0.717, 1.165) is 51.4 Å². The molecule has 9 heteroatoms. The molecule has 1 rings (SSSR count). The van der Waals surface area contributed by atoms with Crippen molar-refractivity contribution in [2.75, 3.05) is 13.2 Å². The summed E-state index contributed by atoms with van der Waals surface area (Å²) in [6.45, 7) is 3.71. The predicted octanol–water partition coefficient (Wildman–Crippen LogP) is 9.28. The molecule has 0 aromatic rings. The lowest BCUT2D eigenvalue weighted by Crippen LogP contribution is -2.60. The standard InChI is InChI=1S/C46H85NO8/c1-3-5-7-9-11-13-15-16-17-18-19-20-21-22-23-24-25-26-28-30-32-34-36-42(50)47-39(38-54-46-45(53)44(52)43(51)41(37-48)55-46)40(49)35-33-31-29-27-14-12-10-8-6-4-2/h14,21-22,27,33,35,39-41,43-46,48-49,51-53H,3-13,15-20,23-26,28-32,34,36-38H2,1-2H3,(H,47,50)/b22-21-,27-14+,35-33+. The van der Waals surface area contributed by atoms with E-state index in [4.69, 9.17) is 9.47 Å². The van der Waals surface area contributed by atoms with Gasteiger partial charge >= 0.3 is 0 Å². The van der Waals surface area contributed by atoms with Crippen molar-refractivity contribution < 1.29 is 39.8 Å². The van der Waals surface area contributed by atoms with E-state index in [-0.39, 0.29) is 12.5 Å². The van der Waals surface area contributed by atoms with Crippen LogP contribution in [0, 0.1) is 0 Å². The molecule has 0 radical (unpaired) electrons. The van der Waals surface area contributed by atoms with Crippen molar-refractivity contribution in [1.82, 2.24) is 5.32 Å². The van der Waals surface area contributed by atoms with Crippen LogP contribution in [0.5, 0.6) is 0 Å². The second-order valence-electron chi connectivity index (χ2n) is 15.8. The summed E-state index contributed by atoms with van der Waals surface area (Å²) in [5.41, 5.74) is 0. The quantitative estimate of drug-likeness (QED) is 0.0270. The fourth-order valence-corrected chi connectivity index (χ4v) is 6.99. The highest BCUT2D eigenvalue weighted by atomic mass is 16.7. The number of unbranched alkanes of at least 4 members (excludes halogenated alkanes) is 23. The van der Waals surface area contributed by atoms with Gasteiger partial charge in [0.2, 0.25) is 5.91 Å². The van der Waals surface area contributed by atoms with Gasteiger partial charge in [-0.15, -0.1) is 0 Å². The Morgan fingerprint density at radius 2 is 1.04 bits per heavy atom. The van der Waals surface area contributed by atoms with Gasteiger partial charge in [0.15, 0.2) is 6.29 Å². The maximum atomic E-state index is 12.9. The van der Waals surface area contributed by atoms with Crippen molar-refractivity contribution in [2.45, 2.75) is 236 Å². The molecule has 1 saturated heterocycles. The van der Waals surface area contributed by atoms with Gasteiger partial charge in [-0.3, -0.25) is 4.79 Å². The largest absolute Gasteiger partial charge is 0.394 e. The normalized spacial score (nSPS) is 21.6. The van der Waals surface area contributed by atoms with Gasteiger partial charge in [0.05, 0.1) is 25.4 Å². The average molecular weight is 780 g/mol. The Balaban J connectivity index is 2.29.